The van der Waals surface area contributed by atoms with E-state index in [1.54, 1.807) is 12.3 Å². The van der Waals surface area contributed by atoms with Gasteiger partial charge in [0.1, 0.15) is 5.76 Å². The molecule has 1 fully saturated rings. The number of furan rings is 1. The van der Waals surface area contributed by atoms with Gasteiger partial charge in [-0.3, -0.25) is 24.2 Å². The summed E-state index contributed by atoms with van der Waals surface area (Å²) in [6, 6.07) is 3.60. The van der Waals surface area contributed by atoms with Gasteiger partial charge >= 0.3 is 0 Å². The lowest BCUT2D eigenvalue weighted by molar-refractivity contribution is -0.138. The molecular formula is C15H21N3O4. The molecule has 0 spiro atoms. The normalized spacial score (nSPS) is 16.4. The predicted octanol–water partition coefficient (Wildman–Crippen LogP) is 0.538. The summed E-state index contributed by atoms with van der Waals surface area (Å²) in [6.45, 7) is 0.554. The number of likely N-dealkylation sites (N-methyl/N-ethyl adjacent to an activating group) is 1. The molecule has 1 N–H and O–H groups in total. The summed E-state index contributed by atoms with van der Waals surface area (Å²) in [7, 11) is 3.81. The number of nitrogens with zero attached hydrogens (tertiary/aromatic N) is 2. The minimum atomic E-state index is -0.195. The lowest BCUT2D eigenvalue weighted by atomic mass is 10.2. The van der Waals surface area contributed by atoms with E-state index in [4.69, 9.17) is 4.42 Å². The summed E-state index contributed by atoms with van der Waals surface area (Å²) in [4.78, 5) is 37.9. The number of carbonyl (C=O) groups excluding carboxylic acids is 3. The number of nitrogens with one attached hydrogen (secondary N) is 1. The first-order valence-electron chi connectivity index (χ1n) is 7.28. The number of likely N-dealkylation sites (tertiary alicyclic amines) is 1. The Morgan fingerprint density at radius 3 is 2.59 bits per heavy atom. The molecule has 1 aromatic rings. The highest BCUT2D eigenvalue weighted by Crippen LogP contribution is 2.17. The molecule has 1 aromatic heterocycles. The highest BCUT2D eigenvalue weighted by atomic mass is 16.3. The van der Waals surface area contributed by atoms with Crippen LogP contribution < -0.4 is 5.32 Å². The van der Waals surface area contributed by atoms with Crippen LogP contribution in [0.3, 0.4) is 0 Å². The Morgan fingerprint density at radius 2 is 2.05 bits per heavy atom. The molecule has 120 valence electrons. The quantitative estimate of drug-likeness (QED) is 0.743. The zero-order valence-corrected chi connectivity index (χ0v) is 12.9. The van der Waals surface area contributed by atoms with Crippen LogP contribution in [-0.2, 0) is 14.4 Å². The molecule has 7 heteroatoms. The van der Waals surface area contributed by atoms with E-state index < -0.39 is 0 Å². The van der Waals surface area contributed by atoms with Crippen LogP contribution in [-0.4, -0.2) is 54.7 Å². The molecule has 0 bridgehead atoms. The van der Waals surface area contributed by atoms with E-state index in [2.05, 4.69) is 5.32 Å². The summed E-state index contributed by atoms with van der Waals surface area (Å²) in [5.74, 6) is 0.195. The van der Waals surface area contributed by atoms with E-state index in [0.29, 0.717) is 6.54 Å². The van der Waals surface area contributed by atoms with Crippen LogP contribution in [0.15, 0.2) is 22.8 Å². The summed E-state index contributed by atoms with van der Waals surface area (Å²) in [5, 5.41) is 2.82. The Balaban J connectivity index is 1.79. The molecule has 22 heavy (non-hydrogen) atoms. The van der Waals surface area contributed by atoms with Crippen LogP contribution in [0.4, 0.5) is 0 Å². The number of amides is 3. The lowest BCUT2D eigenvalue weighted by Gasteiger charge is -2.22. The summed E-state index contributed by atoms with van der Waals surface area (Å²) >= 11 is 0. The average molecular weight is 307 g/mol. The Kier molecular flexibility index (Phi) is 5.32. The van der Waals surface area contributed by atoms with Crippen molar-refractivity contribution in [1.82, 2.24) is 15.1 Å². The van der Waals surface area contributed by atoms with Crippen LogP contribution in [0.1, 0.15) is 31.1 Å². The van der Waals surface area contributed by atoms with Crippen LogP contribution in [0, 0.1) is 0 Å². The molecular weight excluding hydrogens is 286 g/mol. The summed E-state index contributed by atoms with van der Waals surface area (Å²) in [6.07, 6.45) is 2.22. The van der Waals surface area contributed by atoms with E-state index in [1.807, 2.05) is 25.1 Å². The second-order valence-corrected chi connectivity index (χ2v) is 5.49. The van der Waals surface area contributed by atoms with Gasteiger partial charge in [-0.05, 0) is 26.2 Å². The summed E-state index contributed by atoms with van der Waals surface area (Å²) < 4.78 is 5.37. The zero-order valence-electron chi connectivity index (χ0n) is 12.9. The van der Waals surface area contributed by atoms with Gasteiger partial charge in [0.15, 0.2) is 0 Å². The molecule has 1 atom stereocenters. The molecule has 0 aliphatic carbocycles. The fourth-order valence-corrected chi connectivity index (χ4v) is 2.40. The molecule has 0 saturated carbocycles. The van der Waals surface area contributed by atoms with E-state index >= 15 is 0 Å². The van der Waals surface area contributed by atoms with Crippen molar-refractivity contribution in [3.8, 4) is 0 Å². The van der Waals surface area contributed by atoms with E-state index in [1.165, 1.54) is 0 Å². The molecule has 1 aliphatic rings. The molecule has 0 aromatic carbocycles. The predicted molar refractivity (Wildman–Crippen MR) is 78.7 cm³/mol. The maximum absolute atomic E-state index is 11.9. The molecule has 1 saturated heterocycles. The molecule has 2 rings (SSSR count). The van der Waals surface area contributed by atoms with Crippen molar-refractivity contribution in [2.75, 3.05) is 27.2 Å². The topological polar surface area (TPSA) is 82.9 Å². The molecule has 2 heterocycles. The maximum atomic E-state index is 11.9. The fourth-order valence-electron chi connectivity index (χ4n) is 2.40. The van der Waals surface area contributed by atoms with E-state index in [-0.39, 0.29) is 49.6 Å². The third-order valence-electron chi connectivity index (χ3n) is 3.70. The van der Waals surface area contributed by atoms with Gasteiger partial charge in [-0.2, -0.15) is 0 Å². The van der Waals surface area contributed by atoms with Crippen molar-refractivity contribution in [3.63, 3.8) is 0 Å². The Hall–Kier alpha value is -2.15. The first-order valence-corrected chi connectivity index (χ1v) is 7.28. The maximum Gasteiger partial charge on any atom is 0.229 e. The third-order valence-corrected chi connectivity index (χ3v) is 3.70. The Bertz CT molecular complexity index is 523. The highest BCUT2D eigenvalue weighted by molar-refractivity contribution is 6.02. The van der Waals surface area contributed by atoms with E-state index in [0.717, 1.165) is 10.7 Å². The van der Waals surface area contributed by atoms with Gasteiger partial charge < -0.3 is 9.73 Å². The first-order chi connectivity index (χ1) is 10.5. The monoisotopic (exact) mass is 307 g/mol. The second-order valence-electron chi connectivity index (χ2n) is 5.49. The van der Waals surface area contributed by atoms with Gasteiger partial charge in [-0.25, -0.2) is 0 Å². The minimum absolute atomic E-state index is 0.0611. The summed E-state index contributed by atoms with van der Waals surface area (Å²) in [5.41, 5.74) is 0. The van der Waals surface area contributed by atoms with Crippen molar-refractivity contribution in [3.05, 3.63) is 24.2 Å². The number of rotatable bonds is 7. The van der Waals surface area contributed by atoms with Crippen LogP contribution in [0.2, 0.25) is 0 Å². The average Bonchev–Trinajstić information content (AvgIpc) is 3.08. The second kappa shape index (κ2) is 7.22. The van der Waals surface area contributed by atoms with Gasteiger partial charge in [0, 0.05) is 32.4 Å². The van der Waals surface area contributed by atoms with Crippen LogP contribution >= 0.6 is 0 Å². The molecule has 3 amide bonds. The van der Waals surface area contributed by atoms with Crippen LogP contribution in [0.25, 0.3) is 0 Å². The highest BCUT2D eigenvalue weighted by Gasteiger charge is 2.28. The van der Waals surface area contributed by atoms with Crippen LogP contribution in [0.5, 0.6) is 0 Å². The molecule has 1 unspecified atom stereocenters. The standard InChI is InChI=1S/C15H21N3O4/c1-17(2)11(12-4-3-9-22-12)10-16-13(19)7-8-18-14(20)5-6-15(18)21/h3-4,9,11H,5-8,10H2,1-2H3,(H,16,19). The van der Waals surface area contributed by atoms with Gasteiger partial charge in [-0.1, -0.05) is 0 Å². The van der Waals surface area contributed by atoms with Crippen molar-refractivity contribution in [2.24, 2.45) is 0 Å². The van der Waals surface area contributed by atoms with Crippen molar-refractivity contribution < 1.29 is 18.8 Å². The molecule has 0 radical (unpaired) electrons. The number of imide groups is 1. The molecule has 7 nitrogen and oxygen atoms in total. The fraction of sp³-hybridized carbons (Fsp3) is 0.533. The lowest BCUT2D eigenvalue weighted by Crippen LogP contribution is -2.37. The third kappa shape index (κ3) is 3.94. The molecule has 1 aliphatic heterocycles. The number of carbonyl (C=O) groups is 3. The minimum Gasteiger partial charge on any atom is -0.468 e. The van der Waals surface area contributed by atoms with Gasteiger partial charge in [0.2, 0.25) is 17.7 Å². The van der Waals surface area contributed by atoms with E-state index in [9.17, 15) is 14.4 Å². The number of hydrogen-bond acceptors (Lipinski definition) is 5. The van der Waals surface area contributed by atoms with Gasteiger partial charge in [0.05, 0.1) is 12.3 Å². The zero-order chi connectivity index (χ0) is 16.1. The Morgan fingerprint density at radius 1 is 1.36 bits per heavy atom. The smallest absolute Gasteiger partial charge is 0.229 e. The largest absolute Gasteiger partial charge is 0.468 e. The van der Waals surface area contributed by atoms with Crippen molar-refractivity contribution >= 4 is 17.7 Å². The van der Waals surface area contributed by atoms with Crippen molar-refractivity contribution in [1.29, 1.82) is 0 Å². The number of hydrogen-bond donors (Lipinski definition) is 1. The van der Waals surface area contributed by atoms with Crippen molar-refractivity contribution in [2.45, 2.75) is 25.3 Å². The Labute approximate surface area is 129 Å². The SMILES string of the molecule is CN(C)C(CNC(=O)CCN1C(=O)CCC1=O)c1ccco1. The van der Waals surface area contributed by atoms with Gasteiger partial charge in [0.25, 0.3) is 0 Å². The van der Waals surface area contributed by atoms with Gasteiger partial charge in [-0.15, -0.1) is 0 Å². The first kappa shape index (κ1) is 16.2.